The fourth-order valence-corrected chi connectivity index (χ4v) is 2.67. The largest absolute Gasteiger partial charge is 0.379 e. The number of nitrogens with one attached hydrogen (secondary N) is 1. The Kier molecular flexibility index (Phi) is 5.87. The van der Waals surface area contributed by atoms with Gasteiger partial charge >= 0.3 is 0 Å². The summed E-state index contributed by atoms with van der Waals surface area (Å²) in [5, 5.41) is 3.02. The highest BCUT2D eigenvalue weighted by molar-refractivity contribution is 5.78. The van der Waals surface area contributed by atoms with E-state index in [1.54, 1.807) is 18.6 Å². The fraction of sp³-hybridized carbons (Fsp3) is 0.389. The Labute approximate surface area is 141 Å². The molecule has 0 aliphatic carbocycles. The smallest absolute Gasteiger partial charge is 0.224 e. The monoisotopic (exact) mass is 327 g/mol. The number of ether oxygens (including phenoxy) is 2. The van der Waals surface area contributed by atoms with Crippen LogP contribution in [0.4, 0.5) is 0 Å². The maximum Gasteiger partial charge on any atom is 0.224 e. The van der Waals surface area contributed by atoms with E-state index in [9.17, 15) is 4.79 Å². The molecule has 6 nitrogen and oxygen atoms in total. The maximum absolute atomic E-state index is 12.2. The summed E-state index contributed by atoms with van der Waals surface area (Å²) < 4.78 is 11.5. The van der Waals surface area contributed by atoms with Gasteiger partial charge in [0.25, 0.3) is 0 Å². The van der Waals surface area contributed by atoms with Gasteiger partial charge in [0.05, 0.1) is 37.5 Å². The van der Waals surface area contributed by atoms with Crippen molar-refractivity contribution in [2.24, 2.45) is 0 Å². The van der Waals surface area contributed by atoms with Gasteiger partial charge < -0.3 is 14.8 Å². The molecule has 1 N–H and O–H groups in total. The van der Waals surface area contributed by atoms with Gasteiger partial charge in [0.15, 0.2) is 0 Å². The van der Waals surface area contributed by atoms with Crippen LogP contribution in [0.2, 0.25) is 0 Å². The van der Waals surface area contributed by atoms with Gasteiger partial charge in [0.1, 0.15) is 0 Å². The quantitative estimate of drug-likeness (QED) is 0.870. The first kappa shape index (κ1) is 16.5. The summed E-state index contributed by atoms with van der Waals surface area (Å²) in [7, 11) is 0. The molecule has 1 saturated heterocycles. The van der Waals surface area contributed by atoms with Crippen LogP contribution >= 0.6 is 0 Å². The maximum atomic E-state index is 12.2. The lowest BCUT2D eigenvalue weighted by Crippen LogP contribution is -2.50. The normalized spacial score (nSPS) is 20.5. The average Bonchev–Trinajstić information content (AvgIpc) is 2.63. The van der Waals surface area contributed by atoms with Crippen LogP contribution in [0.15, 0.2) is 48.9 Å². The van der Waals surface area contributed by atoms with Crippen molar-refractivity contribution in [3.63, 3.8) is 0 Å². The Balaban J connectivity index is 1.53. The number of hydrogen-bond acceptors (Lipinski definition) is 5. The van der Waals surface area contributed by atoms with E-state index < -0.39 is 0 Å². The molecule has 1 amide bonds. The van der Waals surface area contributed by atoms with Gasteiger partial charge in [-0.3, -0.25) is 14.8 Å². The highest BCUT2D eigenvalue weighted by Crippen LogP contribution is 2.14. The van der Waals surface area contributed by atoms with Crippen LogP contribution < -0.4 is 5.32 Å². The lowest BCUT2D eigenvalue weighted by atomic mass is 10.1. The summed E-state index contributed by atoms with van der Waals surface area (Å²) in [6.45, 7) is 1.54. The molecule has 3 heterocycles. The van der Waals surface area contributed by atoms with Gasteiger partial charge in [-0.1, -0.05) is 12.1 Å². The predicted octanol–water partition coefficient (Wildman–Crippen LogP) is 1.51. The standard InChI is InChI=1S/C18H21N3O3/c22-18(10-14-4-3-7-19-11-14)21-16-13-23-9-6-17(16)24-12-15-5-1-2-8-20-15/h1-5,7-8,11,16-17H,6,9-10,12-13H2,(H,21,22)/t16-,17-/m1/s1. The van der Waals surface area contributed by atoms with Crippen LogP contribution in [-0.2, 0) is 27.3 Å². The zero-order valence-electron chi connectivity index (χ0n) is 13.4. The molecule has 2 aromatic heterocycles. The third kappa shape index (κ3) is 4.84. The number of amides is 1. The number of hydrogen-bond donors (Lipinski definition) is 1. The first-order valence-corrected chi connectivity index (χ1v) is 8.09. The molecule has 1 fully saturated rings. The summed E-state index contributed by atoms with van der Waals surface area (Å²) in [6.07, 6.45) is 6.13. The first-order valence-electron chi connectivity index (χ1n) is 8.09. The van der Waals surface area contributed by atoms with Crippen molar-refractivity contribution in [2.45, 2.75) is 31.6 Å². The minimum Gasteiger partial charge on any atom is -0.379 e. The Morgan fingerprint density at radius 2 is 2.25 bits per heavy atom. The van der Waals surface area contributed by atoms with Crippen molar-refractivity contribution in [1.29, 1.82) is 0 Å². The molecule has 0 unspecified atom stereocenters. The van der Waals surface area contributed by atoms with Gasteiger partial charge in [0.2, 0.25) is 5.91 Å². The molecular weight excluding hydrogens is 306 g/mol. The number of pyridine rings is 2. The van der Waals surface area contributed by atoms with Gasteiger partial charge in [-0.25, -0.2) is 0 Å². The van der Waals surface area contributed by atoms with Crippen LogP contribution in [0.1, 0.15) is 17.7 Å². The number of nitrogens with zero attached hydrogens (tertiary/aromatic N) is 2. The second-order valence-electron chi connectivity index (χ2n) is 5.75. The Morgan fingerprint density at radius 3 is 3.04 bits per heavy atom. The van der Waals surface area contributed by atoms with Crippen molar-refractivity contribution in [3.8, 4) is 0 Å². The summed E-state index contributed by atoms with van der Waals surface area (Å²) >= 11 is 0. The number of rotatable bonds is 6. The molecule has 0 bridgehead atoms. The van der Waals surface area contributed by atoms with E-state index in [0.717, 1.165) is 17.7 Å². The highest BCUT2D eigenvalue weighted by Gasteiger charge is 2.28. The summed E-state index contributed by atoms with van der Waals surface area (Å²) in [5.41, 5.74) is 1.77. The van der Waals surface area contributed by atoms with Gasteiger partial charge in [-0.05, 0) is 30.2 Å². The predicted molar refractivity (Wildman–Crippen MR) is 88.1 cm³/mol. The second-order valence-corrected chi connectivity index (χ2v) is 5.75. The zero-order chi connectivity index (χ0) is 16.6. The third-order valence-corrected chi connectivity index (χ3v) is 3.90. The van der Waals surface area contributed by atoms with Crippen molar-refractivity contribution in [1.82, 2.24) is 15.3 Å². The minimum atomic E-state index is -0.147. The molecule has 2 atom stereocenters. The molecule has 2 aromatic rings. The zero-order valence-corrected chi connectivity index (χ0v) is 13.4. The molecule has 0 saturated carbocycles. The van der Waals surface area contributed by atoms with Gasteiger partial charge in [0, 0.05) is 25.2 Å². The molecule has 24 heavy (non-hydrogen) atoms. The molecule has 3 rings (SSSR count). The van der Waals surface area contributed by atoms with E-state index in [-0.39, 0.29) is 18.1 Å². The molecule has 0 spiro atoms. The van der Waals surface area contributed by atoms with Crippen LogP contribution in [0.5, 0.6) is 0 Å². The SMILES string of the molecule is O=C(Cc1cccnc1)N[C@@H]1COCC[C@H]1OCc1ccccn1. The number of carbonyl (C=O) groups is 1. The van der Waals surface area contributed by atoms with E-state index in [1.807, 2.05) is 30.3 Å². The fourth-order valence-electron chi connectivity index (χ4n) is 2.67. The number of aromatic nitrogens is 2. The van der Waals surface area contributed by atoms with Crippen molar-refractivity contribution in [3.05, 3.63) is 60.2 Å². The summed E-state index contributed by atoms with van der Waals surface area (Å²) in [4.78, 5) is 20.5. The van der Waals surface area contributed by atoms with E-state index >= 15 is 0 Å². The molecule has 1 aliphatic heterocycles. The van der Waals surface area contributed by atoms with Crippen molar-refractivity contribution in [2.75, 3.05) is 13.2 Å². The first-order chi connectivity index (χ1) is 11.8. The lowest BCUT2D eigenvalue weighted by molar-refractivity contribution is -0.125. The number of carbonyl (C=O) groups excluding carboxylic acids is 1. The van der Waals surface area contributed by atoms with E-state index in [4.69, 9.17) is 9.47 Å². The Bertz CT molecular complexity index is 636. The van der Waals surface area contributed by atoms with Crippen molar-refractivity contribution >= 4 is 5.91 Å². The van der Waals surface area contributed by atoms with Crippen LogP contribution in [0.25, 0.3) is 0 Å². The molecule has 0 aromatic carbocycles. The summed E-state index contributed by atoms with van der Waals surface area (Å²) in [5.74, 6) is -0.0510. The second kappa shape index (κ2) is 8.52. The minimum absolute atomic E-state index is 0.0510. The lowest BCUT2D eigenvalue weighted by Gasteiger charge is -2.32. The van der Waals surface area contributed by atoms with Gasteiger partial charge in [-0.2, -0.15) is 0 Å². The van der Waals surface area contributed by atoms with E-state index in [2.05, 4.69) is 15.3 Å². The molecule has 126 valence electrons. The Morgan fingerprint density at radius 1 is 1.29 bits per heavy atom. The van der Waals surface area contributed by atoms with E-state index in [0.29, 0.717) is 26.2 Å². The van der Waals surface area contributed by atoms with Crippen LogP contribution in [0, 0.1) is 0 Å². The Hall–Kier alpha value is -2.31. The average molecular weight is 327 g/mol. The third-order valence-electron chi connectivity index (χ3n) is 3.90. The van der Waals surface area contributed by atoms with Crippen molar-refractivity contribution < 1.29 is 14.3 Å². The summed E-state index contributed by atoms with van der Waals surface area (Å²) in [6, 6.07) is 9.30. The molecular formula is C18H21N3O3. The van der Waals surface area contributed by atoms with Gasteiger partial charge in [-0.15, -0.1) is 0 Å². The van der Waals surface area contributed by atoms with Crippen LogP contribution in [0.3, 0.4) is 0 Å². The molecule has 6 heteroatoms. The topological polar surface area (TPSA) is 73.3 Å². The van der Waals surface area contributed by atoms with E-state index in [1.165, 1.54) is 0 Å². The molecule has 1 aliphatic rings. The highest BCUT2D eigenvalue weighted by atomic mass is 16.5. The molecule has 0 radical (unpaired) electrons. The van der Waals surface area contributed by atoms with Crippen LogP contribution in [-0.4, -0.2) is 41.2 Å².